The van der Waals surface area contributed by atoms with Crippen molar-refractivity contribution in [1.82, 2.24) is 5.32 Å². The van der Waals surface area contributed by atoms with Crippen molar-refractivity contribution in [3.8, 4) is 5.75 Å². The molecular formula is C13H14FNOS. The summed E-state index contributed by atoms with van der Waals surface area (Å²) in [5, 5.41) is 3.11. The van der Waals surface area contributed by atoms with Crippen molar-refractivity contribution >= 4 is 11.3 Å². The topological polar surface area (TPSA) is 21.3 Å². The van der Waals surface area contributed by atoms with E-state index in [0.717, 1.165) is 6.54 Å². The number of rotatable bonds is 5. The Morgan fingerprint density at radius 2 is 1.82 bits per heavy atom. The molecule has 90 valence electrons. The van der Waals surface area contributed by atoms with E-state index in [4.69, 9.17) is 4.74 Å². The lowest BCUT2D eigenvalue weighted by Crippen LogP contribution is -2.02. The molecule has 0 saturated heterocycles. The smallest absolute Gasteiger partial charge is 0.123 e. The second-order valence-electron chi connectivity index (χ2n) is 3.64. The normalized spacial score (nSPS) is 10.5. The highest BCUT2D eigenvalue weighted by molar-refractivity contribution is 7.11. The first-order valence-corrected chi connectivity index (χ1v) is 6.20. The van der Waals surface area contributed by atoms with Crippen LogP contribution in [-0.2, 0) is 13.2 Å². The molecule has 0 saturated carbocycles. The summed E-state index contributed by atoms with van der Waals surface area (Å²) in [5.41, 5.74) is 0. The molecule has 2 nitrogen and oxygen atoms in total. The third kappa shape index (κ3) is 3.54. The number of benzene rings is 1. The minimum atomic E-state index is -0.246. The Morgan fingerprint density at radius 1 is 1.12 bits per heavy atom. The van der Waals surface area contributed by atoms with Crippen LogP contribution in [0.5, 0.6) is 5.75 Å². The molecular weight excluding hydrogens is 237 g/mol. The van der Waals surface area contributed by atoms with Gasteiger partial charge in [0.05, 0.1) is 0 Å². The fourth-order valence-electron chi connectivity index (χ4n) is 1.45. The predicted molar refractivity (Wildman–Crippen MR) is 67.8 cm³/mol. The summed E-state index contributed by atoms with van der Waals surface area (Å²) in [6, 6.07) is 10.2. The molecule has 0 amide bonds. The Labute approximate surface area is 104 Å². The van der Waals surface area contributed by atoms with Crippen LogP contribution in [0.15, 0.2) is 36.4 Å². The SMILES string of the molecule is CNCc1ccc(COc2ccc(F)cc2)s1. The maximum absolute atomic E-state index is 12.7. The summed E-state index contributed by atoms with van der Waals surface area (Å²) in [4.78, 5) is 2.45. The highest BCUT2D eigenvalue weighted by atomic mass is 32.1. The summed E-state index contributed by atoms with van der Waals surface area (Å²) in [6.45, 7) is 1.40. The maximum atomic E-state index is 12.7. The molecule has 1 heterocycles. The molecule has 0 radical (unpaired) electrons. The molecule has 0 atom stereocenters. The molecule has 0 fully saturated rings. The van der Waals surface area contributed by atoms with Crippen molar-refractivity contribution in [3.05, 3.63) is 52.0 Å². The van der Waals surface area contributed by atoms with E-state index in [-0.39, 0.29) is 5.82 Å². The fourth-order valence-corrected chi connectivity index (χ4v) is 2.40. The van der Waals surface area contributed by atoms with Gasteiger partial charge in [-0.15, -0.1) is 11.3 Å². The zero-order chi connectivity index (χ0) is 12.1. The van der Waals surface area contributed by atoms with Gasteiger partial charge in [0.2, 0.25) is 0 Å². The highest BCUT2D eigenvalue weighted by Gasteiger charge is 2.01. The van der Waals surface area contributed by atoms with Crippen LogP contribution in [0.4, 0.5) is 4.39 Å². The number of hydrogen-bond donors (Lipinski definition) is 1. The Hall–Kier alpha value is -1.39. The minimum absolute atomic E-state index is 0.246. The van der Waals surface area contributed by atoms with E-state index in [1.165, 1.54) is 21.9 Å². The van der Waals surface area contributed by atoms with Crippen molar-refractivity contribution in [2.24, 2.45) is 0 Å². The largest absolute Gasteiger partial charge is 0.488 e. The van der Waals surface area contributed by atoms with Gasteiger partial charge < -0.3 is 10.1 Å². The lowest BCUT2D eigenvalue weighted by molar-refractivity contribution is 0.309. The summed E-state index contributed by atoms with van der Waals surface area (Å²) >= 11 is 1.72. The van der Waals surface area contributed by atoms with Crippen LogP contribution >= 0.6 is 11.3 Å². The van der Waals surface area contributed by atoms with Crippen LogP contribution in [0.2, 0.25) is 0 Å². The lowest BCUT2D eigenvalue weighted by Gasteiger charge is -2.03. The minimum Gasteiger partial charge on any atom is -0.488 e. The maximum Gasteiger partial charge on any atom is 0.123 e. The molecule has 2 aromatic rings. The summed E-state index contributed by atoms with van der Waals surface area (Å²) in [7, 11) is 1.93. The zero-order valence-corrected chi connectivity index (χ0v) is 10.4. The first-order valence-electron chi connectivity index (χ1n) is 5.38. The first kappa shape index (κ1) is 12.1. The Morgan fingerprint density at radius 3 is 2.53 bits per heavy atom. The van der Waals surface area contributed by atoms with Crippen LogP contribution in [0.25, 0.3) is 0 Å². The molecule has 1 aromatic carbocycles. The van der Waals surface area contributed by atoms with E-state index in [9.17, 15) is 4.39 Å². The van der Waals surface area contributed by atoms with Crippen LogP contribution in [0, 0.1) is 5.82 Å². The second-order valence-corrected chi connectivity index (χ2v) is 4.89. The summed E-state index contributed by atoms with van der Waals surface area (Å²) < 4.78 is 18.2. The number of hydrogen-bond acceptors (Lipinski definition) is 3. The predicted octanol–water partition coefficient (Wildman–Crippen LogP) is 3.19. The fraction of sp³-hybridized carbons (Fsp3) is 0.231. The molecule has 2 rings (SSSR count). The van der Waals surface area contributed by atoms with Gasteiger partial charge in [0.25, 0.3) is 0 Å². The van der Waals surface area contributed by atoms with E-state index in [1.54, 1.807) is 23.5 Å². The van der Waals surface area contributed by atoms with Gasteiger partial charge in [0, 0.05) is 16.3 Å². The monoisotopic (exact) mass is 251 g/mol. The zero-order valence-electron chi connectivity index (χ0n) is 9.57. The number of halogens is 1. The standard InChI is InChI=1S/C13H14FNOS/c1-15-8-12-6-7-13(17-12)9-16-11-4-2-10(14)3-5-11/h2-7,15H,8-9H2,1H3. The van der Waals surface area contributed by atoms with Crippen molar-refractivity contribution in [1.29, 1.82) is 0 Å². The van der Waals surface area contributed by atoms with Crippen LogP contribution in [-0.4, -0.2) is 7.05 Å². The van der Waals surface area contributed by atoms with Crippen LogP contribution < -0.4 is 10.1 Å². The first-order chi connectivity index (χ1) is 8.28. The average molecular weight is 251 g/mol. The van der Waals surface area contributed by atoms with Crippen LogP contribution in [0.3, 0.4) is 0 Å². The van der Waals surface area contributed by atoms with Crippen molar-refractivity contribution < 1.29 is 9.13 Å². The molecule has 0 aliphatic carbocycles. The van der Waals surface area contributed by atoms with Crippen molar-refractivity contribution in [2.45, 2.75) is 13.2 Å². The van der Waals surface area contributed by atoms with E-state index in [2.05, 4.69) is 17.4 Å². The van der Waals surface area contributed by atoms with Gasteiger partial charge in [-0.1, -0.05) is 0 Å². The van der Waals surface area contributed by atoms with Gasteiger partial charge in [0.15, 0.2) is 0 Å². The molecule has 1 N–H and O–H groups in total. The molecule has 1 aromatic heterocycles. The Bertz CT molecular complexity index is 467. The third-order valence-corrected chi connectivity index (χ3v) is 3.32. The molecule has 0 aliphatic rings. The summed E-state index contributed by atoms with van der Waals surface area (Å²) in [6.07, 6.45) is 0. The molecule has 4 heteroatoms. The summed E-state index contributed by atoms with van der Waals surface area (Å²) in [5.74, 6) is 0.444. The molecule has 0 bridgehead atoms. The number of ether oxygens (including phenoxy) is 1. The van der Waals surface area contributed by atoms with Crippen molar-refractivity contribution in [2.75, 3.05) is 7.05 Å². The Balaban J connectivity index is 1.90. The molecule has 17 heavy (non-hydrogen) atoms. The second kappa shape index (κ2) is 5.80. The lowest BCUT2D eigenvalue weighted by atomic mass is 10.3. The van der Waals surface area contributed by atoms with Crippen LogP contribution in [0.1, 0.15) is 9.75 Å². The quantitative estimate of drug-likeness (QED) is 0.881. The van der Waals surface area contributed by atoms with Gasteiger partial charge in [0.1, 0.15) is 18.2 Å². The highest BCUT2D eigenvalue weighted by Crippen LogP contribution is 2.19. The van der Waals surface area contributed by atoms with E-state index >= 15 is 0 Å². The van der Waals surface area contributed by atoms with Gasteiger partial charge in [-0.05, 0) is 43.4 Å². The van der Waals surface area contributed by atoms with Gasteiger partial charge in [-0.25, -0.2) is 4.39 Å². The third-order valence-electron chi connectivity index (χ3n) is 2.26. The van der Waals surface area contributed by atoms with E-state index in [0.29, 0.717) is 12.4 Å². The number of thiophene rings is 1. The molecule has 0 unspecified atom stereocenters. The van der Waals surface area contributed by atoms with Gasteiger partial charge in [-0.3, -0.25) is 0 Å². The van der Waals surface area contributed by atoms with E-state index in [1.807, 2.05) is 7.05 Å². The number of nitrogens with one attached hydrogen (secondary N) is 1. The Kier molecular flexibility index (Phi) is 4.12. The molecule has 0 aliphatic heterocycles. The van der Waals surface area contributed by atoms with Crippen molar-refractivity contribution in [3.63, 3.8) is 0 Å². The van der Waals surface area contributed by atoms with Gasteiger partial charge >= 0.3 is 0 Å². The van der Waals surface area contributed by atoms with E-state index < -0.39 is 0 Å². The molecule has 0 spiro atoms. The van der Waals surface area contributed by atoms with Gasteiger partial charge in [-0.2, -0.15) is 0 Å². The average Bonchev–Trinajstić information content (AvgIpc) is 2.77.